The van der Waals surface area contributed by atoms with E-state index in [2.05, 4.69) is 11.1 Å². The number of carbonyl (C=O) groups is 1. The normalized spacial score (nSPS) is 14.0. The van der Waals surface area contributed by atoms with Crippen molar-refractivity contribution in [1.82, 2.24) is 0 Å². The number of aliphatic hydroxyl groups excluding tert-OH is 2. The molecule has 82 valence electrons. The molecule has 0 heterocycles. The summed E-state index contributed by atoms with van der Waals surface area (Å²) in [5.74, 6) is 0. The molecule has 0 aromatic rings. The van der Waals surface area contributed by atoms with Gasteiger partial charge in [0.2, 0.25) is 0 Å². The maximum absolute atomic E-state index is 10.0. The molecule has 0 radical (unpaired) electrons. The molecule has 0 spiro atoms. The van der Waals surface area contributed by atoms with Crippen molar-refractivity contribution in [2.45, 2.75) is 12.2 Å². The molecule has 0 unspecified atom stereocenters. The van der Waals surface area contributed by atoms with Crippen LogP contribution >= 0.6 is 7.82 Å². The summed E-state index contributed by atoms with van der Waals surface area (Å²) >= 11 is 0. The summed E-state index contributed by atoms with van der Waals surface area (Å²) < 4.78 is 13.7. The Bertz CT molecular complexity index is 266. The summed E-state index contributed by atoms with van der Waals surface area (Å²) in [6.45, 7) is 2.25. The summed E-state index contributed by atoms with van der Waals surface area (Å²) in [6.07, 6.45) is -3.11. The number of phosphoric ester groups is 1. The van der Waals surface area contributed by atoms with E-state index >= 15 is 0 Å². The first-order chi connectivity index (χ1) is 6.28. The molecular formula is C6H9Na2O7P. The van der Waals surface area contributed by atoms with Crippen LogP contribution < -0.4 is 68.9 Å². The molecule has 0 bridgehead atoms. The number of hydrogen-bond acceptors (Lipinski definition) is 7. The standard InChI is InChI=1S/C6H11O7P.2Na/c1-4(5(8)2-7)6(9)3-13-14(10,11)12;;/h2,5-6,8-9H,1,3H2,(H2,10,11,12);;/q;2*+1/p-2/t5-,6+;;/m0../s1. The zero-order valence-electron chi connectivity index (χ0n) is 9.03. The van der Waals surface area contributed by atoms with E-state index in [0.717, 1.165) is 0 Å². The van der Waals surface area contributed by atoms with Gasteiger partial charge in [-0.2, -0.15) is 0 Å². The molecule has 0 saturated carbocycles. The average molecular weight is 270 g/mol. The van der Waals surface area contributed by atoms with Crippen molar-refractivity contribution in [3.05, 3.63) is 12.2 Å². The van der Waals surface area contributed by atoms with Gasteiger partial charge in [-0.1, -0.05) is 6.58 Å². The predicted octanol–water partition coefficient (Wildman–Crippen LogP) is -8.68. The quantitative estimate of drug-likeness (QED) is 0.212. The molecule has 0 saturated heterocycles. The van der Waals surface area contributed by atoms with Crippen LogP contribution in [0.15, 0.2) is 12.2 Å². The molecule has 0 aromatic heterocycles. The molecule has 10 heteroatoms. The molecule has 0 aliphatic carbocycles. The Labute approximate surface area is 137 Å². The van der Waals surface area contributed by atoms with Crippen LogP contribution in [0.2, 0.25) is 0 Å². The first-order valence-electron chi connectivity index (χ1n) is 3.44. The Hall–Kier alpha value is 1.44. The van der Waals surface area contributed by atoms with E-state index in [1.165, 1.54) is 0 Å². The second kappa shape index (κ2) is 10.4. The number of aldehydes is 1. The van der Waals surface area contributed by atoms with E-state index in [0.29, 0.717) is 0 Å². The Morgan fingerprint density at radius 3 is 2.19 bits per heavy atom. The number of rotatable bonds is 6. The fourth-order valence-corrected chi connectivity index (χ4v) is 0.877. The molecule has 0 aromatic carbocycles. The van der Waals surface area contributed by atoms with Gasteiger partial charge in [0.25, 0.3) is 0 Å². The minimum atomic E-state index is -5.17. The van der Waals surface area contributed by atoms with Gasteiger partial charge < -0.3 is 33.9 Å². The maximum atomic E-state index is 10.0. The van der Waals surface area contributed by atoms with Crippen molar-refractivity contribution in [3.8, 4) is 0 Å². The molecule has 16 heavy (non-hydrogen) atoms. The van der Waals surface area contributed by atoms with E-state index in [-0.39, 0.29) is 71.0 Å². The van der Waals surface area contributed by atoms with Gasteiger partial charge in [0.05, 0.1) is 14.4 Å². The summed E-state index contributed by atoms with van der Waals surface area (Å²) in [4.78, 5) is 30.0. The zero-order valence-corrected chi connectivity index (χ0v) is 13.9. The molecular weight excluding hydrogens is 261 g/mol. The van der Waals surface area contributed by atoms with Gasteiger partial charge >= 0.3 is 59.1 Å². The van der Waals surface area contributed by atoms with E-state index < -0.39 is 26.6 Å². The van der Waals surface area contributed by atoms with E-state index in [4.69, 9.17) is 10.2 Å². The summed E-state index contributed by atoms with van der Waals surface area (Å²) in [5, 5.41) is 17.9. The second-order valence-corrected chi connectivity index (χ2v) is 3.57. The Morgan fingerprint density at radius 2 is 1.88 bits per heavy atom. The third kappa shape index (κ3) is 10.6. The average Bonchev–Trinajstić information content (AvgIpc) is 2.10. The van der Waals surface area contributed by atoms with Crippen molar-refractivity contribution in [2.75, 3.05) is 6.61 Å². The van der Waals surface area contributed by atoms with Crippen molar-refractivity contribution < 1.29 is 93.0 Å². The minimum Gasteiger partial charge on any atom is -0.790 e. The zero-order chi connectivity index (χ0) is 11.4. The Balaban J connectivity index is -0.000000845. The van der Waals surface area contributed by atoms with E-state index in [1.807, 2.05) is 0 Å². The van der Waals surface area contributed by atoms with Crippen LogP contribution in [0, 0.1) is 0 Å². The fourth-order valence-electron chi connectivity index (χ4n) is 0.553. The summed E-state index contributed by atoms with van der Waals surface area (Å²) in [7, 11) is -5.17. The molecule has 2 atom stereocenters. The number of aliphatic hydroxyl groups is 2. The van der Waals surface area contributed by atoms with Crippen LogP contribution in [-0.4, -0.2) is 35.3 Å². The second-order valence-electron chi connectivity index (χ2n) is 2.41. The molecule has 0 fully saturated rings. The first kappa shape index (κ1) is 22.6. The van der Waals surface area contributed by atoms with Crippen LogP contribution in [-0.2, 0) is 13.9 Å². The van der Waals surface area contributed by atoms with Crippen molar-refractivity contribution in [1.29, 1.82) is 0 Å². The molecule has 0 aliphatic heterocycles. The third-order valence-corrected chi connectivity index (χ3v) is 1.79. The molecule has 0 amide bonds. The number of carbonyl (C=O) groups excluding carboxylic acids is 1. The topological polar surface area (TPSA) is 130 Å². The molecule has 0 aliphatic rings. The van der Waals surface area contributed by atoms with Crippen LogP contribution in [0.25, 0.3) is 0 Å². The minimum absolute atomic E-state index is 0. The van der Waals surface area contributed by atoms with Crippen molar-refractivity contribution in [2.24, 2.45) is 0 Å². The predicted molar refractivity (Wildman–Crippen MR) is 40.8 cm³/mol. The van der Waals surface area contributed by atoms with Gasteiger partial charge in [0.15, 0.2) is 6.29 Å². The maximum Gasteiger partial charge on any atom is 1.00 e. The van der Waals surface area contributed by atoms with Crippen LogP contribution in [0.5, 0.6) is 0 Å². The number of hydrogen-bond donors (Lipinski definition) is 2. The summed E-state index contributed by atoms with van der Waals surface area (Å²) in [6, 6.07) is 0. The fraction of sp³-hybridized carbons (Fsp3) is 0.500. The van der Waals surface area contributed by atoms with E-state index in [9.17, 15) is 19.1 Å². The van der Waals surface area contributed by atoms with Crippen LogP contribution in [0.4, 0.5) is 0 Å². The van der Waals surface area contributed by atoms with E-state index in [1.54, 1.807) is 0 Å². The van der Waals surface area contributed by atoms with Gasteiger partial charge in [0, 0.05) is 0 Å². The largest absolute Gasteiger partial charge is 1.00 e. The van der Waals surface area contributed by atoms with Crippen LogP contribution in [0.3, 0.4) is 0 Å². The van der Waals surface area contributed by atoms with Gasteiger partial charge in [-0.05, 0) is 5.57 Å². The summed E-state index contributed by atoms with van der Waals surface area (Å²) in [5.41, 5.74) is -0.339. The third-order valence-electron chi connectivity index (χ3n) is 1.33. The van der Waals surface area contributed by atoms with Gasteiger partial charge in [-0.3, -0.25) is 0 Å². The van der Waals surface area contributed by atoms with Crippen molar-refractivity contribution >= 4 is 14.1 Å². The van der Waals surface area contributed by atoms with Gasteiger partial charge in [-0.25, -0.2) is 0 Å². The van der Waals surface area contributed by atoms with Crippen LogP contribution in [0.1, 0.15) is 0 Å². The number of phosphoric acid groups is 1. The molecule has 2 N–H and O–H groups in total. The molecule has 7 nitrogen and oxygen atoms in total. The Morgan fingerprint density at radius 1 is 1.44 bits per heavy atom. The monoisotopic (exact) mass is 270 g/mol. The first-order valence-corrected chi connectivity index (χ1v) is 4.90. The van der Waals surface area contributed by atoms with Gasteiger partial charge in [-0.15, -0.1) is 0 Å². The van der Waals surface area contributed by atoms with Crippen molar-refractivity contribution in [3.63, 3.8) is 0 Å². The smallest absolute Gasteiger partial charge is 0.790 e. The SMILES string of the molecule is C=C([C@H](O)COP(=O)([O-])[O-])[C@@H](O)C=O.[Na+].[Na+]. The van der Waals surface area contributed by atoms with Gasteiger partial charge in [0.1, 0.15) is 12.2 Å². The molecule has 0 rings (SSSR count). The Kier molecular flexibility index (Phi) is 14.7.